The third-order valence-electron chi connectivity index (χ3n) is 5.27. The van der Waals surface area contributed by atoms with Gasteiger partial charge in [-0.3, -0.25) is 0 Å². The quantitative estimate of drug-likeness (QED) is 0.302. The summed E-state index contributed by atoms with van der Waals surface area (Å²) in [7, 11) is 0. The maximum absolute atomic E-state index is 13.2. The van der Waals surface area contributed by atoms with Gasteiger partial charge in [0.05, 0.1) is 17.7 Å². The van der Waals surface area contributed by atoms with Gasteiger partial charge in [-0.2, -0.15) is 0 Å². The van der Waals surface area contributed by atoms with Gasteiger partial charge in [0.1, 0.15) is 0 Å². The Balaban J connectivity index is 2.08. The van der Waals surface area contributed by atoms with Gasteiger partial charge in [0.25, 0.3) is 0 Å². The molecule has 0 aliphatic carbocycles. The first-order valence-electron chi connectivity index (χ1n) is 9.57. The molecule has 4 aromatic carbocycles. The van der Waals surface area contributed by atoms with Crippen LogP contribution in [0.25, 0.3) is 43.7 Å². The normalized spacial score (nSPS) is 11.4. The number of carbonyl (C=O) groups excluding carboxylic acids is 1. The monoisotopic (exact) mass is 443 g/mol. The second-order valence-electron chi connectivity index (χ2n) is 6.95. The Labute approximate surface area is 176 Å². The number of hydrogen-bond donors (Lipinski definition) is 1. The molecule has 0 fully saturated rings. The fraction of sp³-hybridized carbons (Fsp3) is 0.0800. The summed E-state index contributed by atoms with van der Waals surface area (Å²) in [4.78, 5) is 16.8. The van der Waals surface area contributed by atoms with E-state index in [9.17, 15) is 4.79 Å². The van der Waals surface area contributed by atoms with Crippen LogP contribution in [0.4, 0.5) is 0 Å². The number of nitrogens with one attached hydrogen (secondary N) is 1. The van der Waals surface area contributed by atoms with E-state index in [1.807, 2.05) is 61.5 Å². The summed E-state index contributed by atoms with van der Waals surface area (Å²) in [5.74, 6) is -0.300. The zero-order valence-corrected chi connectivity index (χ0v) is 17.4. The molecule has 1 heterocycles. The number of halogens is 1. The van der Waals surface area contributed by atoms with Crippen molar-refractivity contribution in [1.82, 2.24) is 4.98 Å². The second-order valence-corrected chi connectivity index (χ2v) is 7.86. The molecule has 0 unspecified atom stereocenters. The Bertz CT molecular complexity index is 1390. The molecule has 3 nitrogen and oxygen atoms in total. The first-order chi connectivity index (χ1) is 14.2. The molecular formula is C25H18BrNO2. The molecule has 0 amide bonds. The van der Waals surface area contributed by atoms with E-state index in [2.05, 4.69) is 39.1 Å². The van der Waals surface area contributed by atoms with Crippen LogP contribution in [0.2, 0.25) is 0 Å². The molecule has 0 saturated heterocycles. The highest BCUT2D eigenvalue weighted by atomic mass is 79.9. The topological polar surface area (TPSA) is 42.1 Å². The Morgan fingerprint density at radius 3 is 2.48 bits per heavy atom. The highest BCUT2D eigenvalue weighted by molar-refractivity contribution is 9.10. The van der Waals surface area contributed by atoms with Crippen LogP contribution in [0, 0.1) is 0 Å². The molecule has 5 rings (SSSR count). The van der Waals surface area contributed by atoms with Crippen LogP contribution in [0.1, 0.15) is 17.3 Å². The van der Waals surface area contributed by atoms with Gasteiger partial charge in [-0.25, -0.2) is 4.79 Å². The lowest BCUT2D eigenvalue weighted by Gasteiger charge is -2.15. The van der Waals surface area contributed by atoms with E-state index in [0.717, 1.165) is 48.2 Å². The third kappa shape index (κ3) is 2.83. The summed E-state index contributed by atoms with van der Waals surface area (Å²) in [5, 5.41) is 4.01. The average Bonchev–Trinajstić information content (AvgIpc) is 3.13. The molecule has 0 bridgehead atoms. The lowest BCUT2D eigenvalue weighted by molar-refractivity contribution is 0.0529. The zero-order chi connectivity index (χ0) is 20.0. The number of benzene rings is 4. The van der Waals surface area contributed by atoms with E-state index in [0.29, 0.717) is 12.2 Å². The Kier molecular flexibility index (Phi) is 4.36. The van der Waals surface area contributed by atoms with E-state index < -0.39 is 0 Å². The number of para-hydroxylation sites is 1. The number of fused-ring (bicyclic) bond motifs is 5. The van der Waals surface area contributed by atoms with Gasteiger partial charge in [-0.05, 0) is 36.1 Å². The standard InChI is InChI=1S/C25H18BrNO2/c1-2-29-25(28)23-17-13-12-16(26)14-19(17)24-22(18-10-6-7-11-20(18)27-24)21(23)15-8-4-3-5-9-15/h3-14,27H,2H2,1H3. The van der Waals surface area contributed by atoms with Gasteiger partial charge < -0.3 is 9.72 Å². The molecule has 1 N–H and O–H groups in total. The molecule has 4 heteroatoms. The molecular weight excluding hydrogens is 426 g/mol. The molecule has 0 aliphatic heterocycles. The van der Waals surface area contributed by atoms with Crippen LogP contribution < -0.4 is 0 Å². The first-order valence-corrected chi connectivity index (χ1v) is 10.4. The lowest BCUT2D eigenvalue weighted by Crippen LogP contribution is -2.08. The van der Waals surface area contributed by atoms with Crippen LogP contribution in [-0.2, 0) is 4.74 Å². The number of aromatic nitrogens is 1. The third-order valence-corrected chi connectivity index (χ3v) is 5.76. The number of hydrogen-bond acceptors (Lipinski definition) is 2. The summed E-state index contributed by atoms with van der Waals surface area (Å²) in [6.45, 7) is 2.17. The molecule has 5 aromatic rings. The molecule has 29 heavy (non-hydrogen) atoms. The highest BCUT2D eigenvalue weighted by Crippen LogP contribution is 2.43. The van der Waals surface area contributed by atoms with Crippen LogP contribution in [0.3, 0.4) is 0 Å². The van der Waals surface area contributed by atoms with Gasteiger partial charge in [-0.1, -0.05) is 70.5 Å². The summed E-state index contributed by atoms with van der Waals surface area (Å²) in [6, 6.07) is 24.3. The van der Waals surface area contributed by atoms with Crippen molar-refractivity contribution in [2.75, 3.05) is 6.61 Å². The van der Waals surface area contributed by atoms with Gasteiger partial charge in [0, 0.05) is 31.7 Å². The molecule has 0 aliphatic rings. The van der Waals surface area contributed by atoms with Crippen molar-refractivity contribution in [3.63, 3.8) is 0 Å². The number of H-pyrrole nitrogens is 1. The van der Waals surface area contributed by atoms with Crippen molar-refractivity contribution in [3.05, 3.63) is 82.8 Å². The summed E-state index contributed by atoms with van der Waals surface area (Å²) >= 11 is 3.59. The molecule has 142 valence electrons. The van der Waals surface area contributed by atoms with E-state index in [1.165, 1.54) is 0 Å². The molecule has 0 saturated carbocycles. The number of rotatable bonds is 3. The van der Waals surface area contributed by atoms with Crippen molar-refractivity contribution in [1.29, 1.82) is 0 Å². The second kappa shape index (κ2) is 7.05. The first kappa shape index (κ1) is 18.0. The van der Waals surface area contributed by atoms with Crippen molar-refractivity contribution in [2.45, 2.75) is 6.92 Å². The predicted octanol–water partition coefficient (Wildman–Crippen LogP) is 7.08. The SMILES string of the molecule is CCOC(=O)c1c(-c2ccccc2)c2c3ccccc3[nH]c2c2cc(Br)ccc12. The van der Waals surface area contributed by atoms with Crippen molar-refractivity contribution < 1.29 is 9.53 Å². The van der Waals surface area contributed by atoms with E-state index in [1.54, 1.807) is 0 Å². The van der Waals surface area contributed by atoms with Gasteiger partial charge in [0.15, 0.2) is 0 Å². The Morgan fingerprint density at radius 2 is 1.69 bits per heavy atom. The average molecular weight is 444 g/mol. The van der Waals surface area contributed by atoms with Crippen LogP contribution in [-0.4, -0.2) is 17.6 Å². The van der Waals surface area contributed by atoms with Crippen LogP contribution in [0.15, 0.2) is 77.3 Å². The largest absolute Gasteiger partial charge is 0.462 e. The molecule has 0 spiro atoms. The zero-order valence-electron chi connectivity index (χ0n) is 15.8. The number of carbonyl (C=O) groups is 1. The lowest BCUT2D eigenvalue weighted by atomic mass is 9.89. The summed E-state index contributed by atoms with van der Waals surface area (Å²) < 4.78 is 6.47. The van der Waals surface area contributed by atoms with E-state index in [-0.39, 0.29) is 5.97 Å². The summed E-state index contributed by atoms with van der Waals surface area (Å²) in [5.41, 5.74) is 4.58. The fourth-order valence-electron chi connectivity index (χ4n) is 4.11. The highest BCUT2D eigenvalue weighted by Gasteiger charge is 2.24. The van der Waals surface area contributed by atoms with Crippen LogP contribution >= 0.6 is 15.9 Å². The maximum Gasteiger partial charge on any atom is 0.339 e. The molecule has 0 atom stereocenters. The van der Waals surface area contributed by atoms with Crippen molar-refractivity contribution in [2.24, 2.45) is 0 Å². The maximum atomic E-state index is 13.2. The minimum absolute atomic E-state index is 0.300. The molecule has 1 aromatic heterocycles. The van der Waals surface area contributed by atoms with Crippen LogP contribution in [0.5, 0.6) is 0 Å². The minimum Gasteiger partial charge on any atom is -0.462 e. The van der Waals surface area contributed by atoms with E-state index in [4.69, 9.17) is 4.74 Å². The fourth-order valence-corrected chi connectivity index (χ4v) is 4.47. The Hall–Kier alpha value is -3.11. The molecule has 0 radical (unpaired) electrons. The van der Waals surface area contributed by atoms with Crippen molar-refractivity contribution >= 4 is 54.5 Å². The van der Waals surface area contributed by atoms with Crippen molar-refractivity contribution in [3.8, 4) is 11.1 Å². The van der Waals surface area contributed by atoms with Gasteiger partial charge in [0.2, 0.25) is 0 Å². The van der Waals surface area contributed by atoms with E-state index >= 15 is 0 Å². The number of aromatic amines is 1. The smallest absolute Gasteiger partial charge is 0.339 e. The van der Waals surface area contributed by atoms with Gasteiger partial charge >= 0.3 is 5.97 Å². The predicted molar refractivity (Wildman–Crippen MR) is 122 cm³/mol. The van der Waals surface area contributed by atoms with Gasteiger partial charge in [-0.15, -0.1) is 0 Å². The summed E-state index contributed by atoms with van der Waals surface area (Å²) in [6.07, 6.45) is 0. The Morgan fingerprint density at radius 1 is 0.931 bits per heavy atom. The minimum atomic E-state index is -0.300. The number of esters is 1. The number of ether oxygens (including phenoxy) is 1.